The number of aliphatic hydroxyl groups excluding tert-OH is 1. The van der Waals surface area contributed by atoms with Crippen LogP contribution >= 0.6 is 0 Å². The number of hydrogen-bond acceptors (Lipinski definition) is 5. The summed E-state index contributed by atoms with van der Waals surface area (Å²) in [5, 5.41) is 12.9. The molecule has 1 heterocycles. The summed E-state index contributed by atoms with van der Waals surface area (Å²) in [5.41, 5.74) is 8.34. The van der Waals surface area contributed by atoms with Crippen LogP contribution in [-0.4, -0.2) is 36.5 Å². The van der Waals surface area contributed by atoms with E-state index in [1.807, 2.05) is 24.3 Å². The third-order valence-electron chi connectivity index (χ3n) is 2.60. The summed E-state index contributed by atoms with van der Waals surface area (Å²) in [7, 11) is 0. The van der Waals surface area contributed by atoms with Crippen LogP contribution in [0.25, 0.3) is 10.9 Å². The Hall–Kier alpha value is -1.85. The zero-order chi connectivity index (χ0) is 12.8. The van der Waals surface area contributed by atoms with Gasteiger partial charge in [-0.1, -0.05) is 0 Å². The fraction of sp³-hybridized carbons (Fsp3) is 0.308. The average Bonchev–Trinajstić information content (AvgIpc) is 2.41. The van der Waals surface area contributed by atoms with Gasteiger partial charge in [-0.2, -0.15) is 0 Å². The summed E-state index contributed by atoms with van der Waals surface area (Å²) in [4.78, 5) is 4.27. The molecule has 0 unspecified atom stereocenters. The molecule has 0 aliphatic heterocycles. The first kappa shape index (κ1) is 12.6. The van der Waals surface area contributed by atoms with Gasteiger partial charge in [0.1, 0.15) is 0 Å². The van der Waals surface area contributed by atoms with Gasteiger partial charge in [0, 0.05) is 23.8 Å². The Bertz CT molecular complexity index is 517. The van der Waals surface area contributed by atoms with Crippen LogP contribution in [0.5, 0.6) is 0 Å². The fourth-order valence-electron chi connectivity index (χ4n) is 1.77. The summed E-state index contributed by atoms with van der Waals surface area (Å²) in [6.07, 6.45) is 1.73. The van der Waals surface area contributed by atoms with E-state index in [9.17, 15) is 0 Å². The highest BCUT2D eigenvalue weighted by Crippen LogP contribution is 2.25. The average molecular weight is 247 g/mol. The molecule has 0 radical (unpaired) electrons. The SMILES string of the molecule is Nc1ccc(NCCOCCO)c2cccnc12. The highest BCUT2D eigenvalue weighted by atomic mass is 16.5. The molecule has 0 aliphatic rings. The van der Waals surface area contributed by atoms with Crippen LogP contribution in [-0.2, 0) is 4.74 Å². The van der Waals surface area contributed by atoms with E-state index in [0.29, 0.717) is 25.4 Å². The number of pyridine rings is 1. The van der Waals surface area contributed by atoms with Gasteiger partial charge < -0.3 is 20.9 Å². The van der Waals surface area contributed by atoms with Crippen molar-refractivity contribution in [2.24, 2.45) is 0 Å². The number of rotatable bonds is 6. The summed E-state index contributed by atoms with van der Waals surface area (Å²) in [6.45, 7) is 1.64. The van der Waals surface area contributed by atoms with E-state index in [0.717, 1.165) is 16.6 Å². The molecule has 5 nitrogen and oxygen atoms in total. The Morgan fingerprint density at radius 3 is 3.00 bits per heavy atom. The van der Waals surface area contributed by atoms with Gasteiger partial charge in [0.15, 0.2) is 0 Å². The Labute approximate surface area is 106 Å². The molecule has 0 atom stereocenters. The van der Waals surface area contributed by atoms with Gasteiger partial charge in [-0.05, 0) is 24.3 Å². The number of hydrogen-bond donors (Lipinski definition) is 3. The Balaban J connectivity index is 2.07. The summed E-state index contributed by atoms with van der Waals surface area (Å²) < 4.78 is 5.19. The van der Waals surface area contributed by atoms with Gasteiger partial charge in [0.25, 0.3) is 0 Å². The lowest BCUT2D eigenvalue weighted by molar-refractivity contribution is 0.0992. The molecule has 0 saturated heterocycles. The largest absolute Gasteiger partial charge is 0.397 e. The number of aromatic nitrogens is 1. The van der Waals surface area contributed by atoms with Gasteiger partial charge in [-0.25, -0.2) is 0 Å². The third kappa shape index (κ3) is 2.88. The van der Waals surface area contributed by atoms with Crippen LogP contribution in [0, 0.1) is 0 Å². The summed E-state index contributed by atoms with van der Waals surface area (Å²) in [5.74, 6) is 0. The molecule has 0 bridgehead atoms. The smallest absolute Gasteiger partial charge is 0.0951 e. The molecule has 2 aromatic rings. The zero-order valence-electron chi connectivity index (χ0n) is 10.1. The van der Waals surface area contributed by atoms with Crippen molar-refractivity contribution >= 4 is 22.3 Å². The van der Waals surface area contributed by atoms with Gasteiger partial charge in [0.05, 0.1) is 31.0 Å². The first-order chi connectivity index (χ1) is 8.83. The van der Waals surface area contributed by atoms with Crippen molar-refractivity contribution in [3.63, 3.8) is 0 Å². The maximum Gasteiger partial charge on any atom is 0.0951 e. The number of anilines is 2. The number of aliphatic hydroxyl groups is 1. The minimum atomic E-state index is 0.0503. The molecule has 5 heteroatoms. The second kappa shape index (κ2) is 6.18. The molecule has 0 fully saturated rings. The van der Waals surface area contributed by atoms with Gasteiger partial charge >= 0.3 is 0 Å². The lowest BCUT2D eigenvalue weighted by Gasteiger charge is -2.10. The number of ether oxygens (including phenoxy) is 1. The predicted molar refractivity (Wildman–Crippen MR) is 72.5 cm³/mol. The van der Waals surface area contributed by atoms with E-state index in [1.54, 1.807) is 6.20 Å². The van der Waals surface area contributed by atoms with E-state index in [1.165, 1.54) is 0 Å². The fourth-order valence-corrected chi connectivity index (χ4v) is 1.77. The molecule has 96 valence electrons. The molecule has 4 N–H and O–H groups in total. The van der Waals surface area contributed by atoms with Crippen LogP contribution < -0.4 is 11.1 Å². The van der Waals surface area contributed by atoms with Crippen molar-refractivity contribution in [2.45, 2.75) is 0 Å². The van der Waals surface area contributed by atoms with Gasteiger partial charge in [0.2, 0.25) is 0 Å². The molecule has 0 amide bonds. The molecule has 1 aromatic heterocycles. The van der Waals surface area contributed by atoms with Crippen LogP contribution in [0.4, 0.5) is 11.4 Å². The van der Waals surface area contributed by atoms with Crippen molar-refractivity contribution in [3.8, 4) is 0 Å². The maximum atomic E-state index is 8.59. The molecule has 0 aliphatic carbocycles. The number of nitrogens with one attached hydrogen (secondary N) is 1. The number of nitrogens with two attached hydrogens (primary N) is 1. The minimum Gasteiger partial charge on any atom is -0.397 e. The maximum absolute atomic E-state index is 8.59. The number of benzene rings is 1. The van der Waals surface area contributed by atoms with Crippen molar-refractivity contribution in [3.05, 3.63) is 30.5 Å². The number of fused-ring (bicyclic) bond motifs is 1. The third-order valence-corrected chi connectivity index (χ3v) is 2.60. The summed E-state index contributed by atoms with van der Waals surface area (Å²) >= 11 is 0. The molecular formula is C13H17N3O2. The number of nitrogens with zero attached hydrogens (tertiary/aromatic N) is 1. The molecule has 0 spiro atoms. The molecule has 1 aromatic carbocycles. The van der Waals surface area contributed by atoms with Gasteiger partial charge in [-0.15, -0.1) is 0 Å². The van der Waals surface area contributed by atoms with Crippen molar-refractivity contribution in [2.75, 3.05) is 37.4 Å². The first-order valence-corrected chi connectivity index (χ1v) is 5.88. The second-order valence-electron chi connectivity index (χ2n) is 3.86. The Morgan fingerprint density at radius 2 is 2.17 bits per heavy atom. The normalized spacial score (nSPS) is 10.7. The second-order valence-corrected chi connectivity index (χ2v) is 3.86. The zero-order valence-corrected chi connectivity index (χ0v) is 10.1. The van der Waals surface area contributed by atoms with Crippen LogP contribution in [0.2, 0.25) is 0 Å². The van der Waals surface area contributed by atoms with Crippen LogP contribution in [0.1, 0.15) is 0 Å². The van der Waals surface area contributed by atoms with E-state index in [4.69, 9.17) is 15.6 Å². The monoisotopic (exact) mass is 247 g/mol. The standard InChI is InChI=1S/C13H17N3O2/c14-11-3-4-12(15-6-8-18-9-7-17)10-2-1-5-16-13(10)11/h1-5,15,17H,6-9,14H2. The van der Waals surface area contributed by atoms with E-state index in [2.05, 4.69) is 10.3 Å². The topological polar surface area (TPSA) is 80.4 Å². The summed E-state index contributed by atoms with van der Waals surface area (Å²) in [6, 6.07) is 7.64. The van der Waals surface area contributed by atoms with E-state index >= 15 is 0 Å². The first-order valence-electron chi connectivity index (χ1n) is 5.88. The van der Waals surface area contributed by atoms with E-state index < -0.39 is 0 Å². The lowest BCUT2D eigenvalue weighted by Crippen LogP contribution is -2.11. The Kier molecular flexibility index (Phi) is 4.33. The lowest BCUT2D eigenvalue weighted by atomic mass is 10.1. The highest BCUT2D eigenvalue weighted by Gasteiger charge is 2.03. The minimum absolute atomic E-state index is 0.0503. The van der Waals surface area contributed by atoms with Crippen LogP contribution in [0.3, 0.4) is 0 Å². The molecule has 2 rings (SSSR count). The van der Waals surface area contributed by atoms with Gasteiger partial charge in [-0.3, -0.25) is 4.98 Å². The number of nitrogen functional groups attached to an aromatic ring is 1. The van der Waals surface area contributed by atoms with E-state index in [-0.39, 0.29) is 6.61 Å². The highest BCUT2D eigenvalue weighted by molar-refractivity contribution is 5.98. The van der Waals surface area contributed by atoms with Crippen LogP contribution in [0.15, 0.2) is 30.5 Å². The predicted octanol–water partition coefficient (Wildman–Crippen LogP) is 1.24. The quantitative estimate of drug-likeness (QED) is 0.528. The molecule has 18 heavy (non-hydrogen) atoms. The molecule has 0 saturated carbocycles. The Morgan fingerprint density at radius 1 is 1.28 bits per heavy atom. The van der Waals surface area contributed by atoms with Crippen molar-refractivity contribution in [1.29, 1.82) is 0 Å². The van der Waals surface area contributed by atoms with Crippen molar-refractivity contribution < 1.29 is 9.84 Å². The van der Waals surface area contributed by atoms with Crippen molar-refractivity contribution in [1.82, 2.24) is 4.98 Å². The molecular weight excluding hydrogens is 230 g/mol.